The number of anilines is 3. The Labute approximate surface area is 273 Å². The lowest BCUT2D eigenvalue weighted by atomic mass is 9.89. The van der Waals surface area contributed by atoms with Crippen molar-refractivity contribution in [2.24, 2.45) is 12.2 Å². The van der Waals surface area contributed by atoms with Crippen molar-refractivity contribution in [3.05, 3.63) is 78.4 Å². The van der Waals surface area contributed by atoms with Gasteiger partial charge in [-0.3, -0.25) is 9.58 Å². The molecule has 2 fully saturated rings. The summed E-state index contributed by atoms with van der Waals surface area (Å²) in [4.78, 5) is 37.2. The topological polar surface area (TPSA) is 149 Å². The van der Waals surface area contributed by atoms with Gasteiger partial charge >= 0.3 is 6.03 Å². The third-order valence-electron chi connectivity index (χ3n) is 9.05. The number of aryl methyl sites for hydroxylation is 1. The molecule has 2 amide bonds. The summed E-state index contributed by atoms with van der Waals surface area (Å²) in [6.07, 6.45) is 11.1. The monoisotopic (exact) mass is 631 g/mol. The molecule has 13 heteroatoms. The Morgan fingerprint density at radius 2 is 1.87 bits per heavy atom. The Hall–Kier alpha value is -5.51. The van der Waals surface area contributed by atoms with Crippen LogP contribution in [0.5, 0.6) is 0 Å². The average Bonchev–Trinajstić information content (AvgIpc) is 3.70. The molecule has 47 heavy (non-hydrogen) atoms. The van der Waals surface area contributed by atoms with E-state index in [4.69, 9.17) is 14.8 Å². The van der Waals surface area contributed by atoms with Crippen LogP contribution in [0.1, 0.15) is 50.2 Å². The summed E-state index contributed by atoms with van der Waals surface area (Å²) in [6, 6.07) is 15.9. The number of pyridine rings is 1. The molecule has 4 aromatic rings. The molecule has 0 radical (unpaired) electrons. The van der Waals surface area contributed by atoms with Gasteiger partial charge in [-0.2, -0.15) is 15.3 Å². The number of carbonyl (C=O) groups excluding carboxylic acids is 1. The molecule has 1 aromatic carbocycles. The minimum atomic E-state index is -0.319. The van der Waals surface area contributed by atoms with Crippen LogP contribution in [0.3, 0.4) is 0 Å². The first-order valence-electron chi connectivity index (χ1n) is 15.9. The highest BCUT2D eigenvalue weighted by Crippen LogP contribution is 2.37. The second-order valence-electron chi connectivity index (χ2n) is 12.6. The number of nitrogens with zero attached hydrogens (tertiary/aromatic N) is 9. The molecule has 240 valence electrons. The van der Waals surface area contributed by atoms with Crippen molar-refractivity contribution in [3.63, 3.8) is 0 Å². The molecule has 1 spiro atoms. The van der Waals surface area contributed by atoms with Gasteiger partial charge in [0.1, 0.15) is 17.5 Å². The molecule has 0 atom stereocenters. The Bertz CT molecular complexity index is 1800. The number of aromatic nitrogens is 5. The zero-order valence-corrected chi connectivity index (χ0v) is 26.5. The van der Waals surface area contributed by atoms with Crippen molar-refractivity contribution in [1.29, 1.82) is 5.26 Å². The van der Waals surface area contributed by atoms with Crippen LogP contribution in [0.15, 0.2) is 72.4 Å². The molecule has 0 unspecified atom stereocenters. The van der Waals surface area contributed by atoms with Crippen LogP contribution >= 0.6 is 0 Å². The normalized spacial score (nSPS) is 19.7. The van der Waals surface area contributed by atoms with Crippen molar-refractivity contribution in [1.82, 2.24) is 30.0 Å². The minimum absolute atomic E-state index is 0.0348. The predicted molar refractivity (Wildman–Crippen MR) is 178 cm³/mol. The highest BCUT2D eigenvalue weighted by Gasteiger charge is 2.50. The van der Waals surface area contributed by atoms with E-state index in [9.17, 15) is 10.1 Å². The van der Waals surface area contributed by atoms with E-state index in [1.165, 1.54) is 0 Å². The van der Waals surface area contributed by atoms with Gasteiger partial charge in [-0.15, -0.1) is 0 Å². The number of benzene rings is 1. The van der Waals surface area contributed by atoms with Crippen molar-refractivity contribution in [2.75, 3.05) is 28.2 Å². The number of urea groups is 1. The number of carbonyl (C=O) groups is 1. The zero-order valence-electron chi connectivity index (χ0n) is 26.5. The maximum Gasteiger partial charge on any atom is 0.323 e. The molecule has 2 aliphatic heterocycles. The number of oxime groups is 1. The van der Waals surface area contributed by atoms with E-state index < -0.39 is 0 Å². The molecule has 13 nitrogen and oxygen atoms in total. The van der Waals surface area contributed by atoms with Crippen LogP contribution in [0.2, 0.25) is 0 Å². The zero-order chi connectivity index (χ0) is 32.4. The smallest absolute Gasteiger partial charge is 0.323 e. The SMILES string of the molecule is CC1=NOC2(C1)CN(c1nc(NC3CCC(N(C(=O)NCc4ccccc4)c4ccc(-c5cnn(C)c5)cn4)CC3)ncc1C#N)C2. The average molecular weight is 632 g/mol. The van der Waals surface area contributed by atoms with Crippen molar-refractivity contribution in [2.45, 2.75) is 63.3 Å². The summed E-state index contributed by atoms with van der Waals surface area (Å²) in [5.41, 5.74) is 4.04. The fraction of sp³-hybridized carbons (Fsp3) is 0.382. The van der Waals surface area contributed by atoms with Gasteiger partial charge in [-0.25, -0.2) is 14.8 Å². The summed E-state index contributed by atoms with van der Waals surface area (Å²) in [7, 11) is 1.88. The third kappa shape index (κ3) is 6.44. The van der Waals surface area contributed by atoms with E-state index in [2.05, 4.69) is 36.8 Å². The minimum Gasteiger partial charge on any atom is -0.385 e. The maximum absolute atomic E-state index is 13.7. The largest absolute Gasteiger partial charge is 0.385 e. The Kier molecular flexibility index (Phi) is 8.15. The van der Waals surface area contributed by atoms with Crippen LogP contribution in [-0.2, 0) is 18.4 Å². The Morgan fingerprint density at radius 3 is 2.53 bits per heavy atom. The van der Waals surface area contributed by atoms with E-state index in [0.717, 1.165) is 54.5 Å². The Morgan fingerprint density at radius 1 is 1.06 bits per heavy atom. The molecular formula is C34H37N11O2. The quantitative estimate of drug-likeness (QED) is 0.284. The molecule has 1 saturated heterocycles. The van der Waals surface area contributed by atoms with Crippen LogP contribution in [0, 0.1) is 11.3 Å². The molecule has 5 heterocycles. The molecule has 3 aromatic heterocycles. The first-order valence-corrected chi connectivity index (χ1v) is 15.9. The van der Waals surface area contributed by atoms with E-state index in [0.29, 0.717) is 42.8 Å². The lowest BCUT2D eigenvalue weighted by Crippen LogP contribution is -2.62. The summed E-state index contributed by atoms with van der Waals surface area (Å²) in [5.74, 6) is 1.71. The molecule has 1 saturated carbocycles. The van der Waals surface area contributed by atoms with Gasteiger partial charge in [0.25, 0.3) is 0 Å². The summed E-state index contributed by atoms with van der Waals surface area (Å²) < 4.78 is 1.75. The summed E-state index contributed by atoms with van der Waals surface area (Å²) >= 11 is 0. The number of rotatable bonds is 8. The molecular weight excluding hydrogens is 594 g/mol. The highest BCUT2D eigenvalue weighted by atomic mass is 16.7. The van der Waals surface area contributed by atoms with Crippen LogP contribution in [0.4, 0.5) is 22.4 Å². The van der Waals surface area contributed by atoms with E-state index in [1.807, 2.05) is 62.6 Å². The van der Waals surface area contributed by atoms with Crippen molar-refractivity contribution < 1.29 is 9.63 Å². The van der Waals surface area contributed by atoms with Gasteiger partial charge in [-0.05, 0) is 50.3 Å². The lowest BCUT2D eigenvalue weighted by Gasteiger charge is -2.46. The van der Waals surface area contributed by atoms with Gasteiger partial charge in [-0.1, -0.05) is 35.5 Å². The van der Waals surface area contributed by atoms with Crippen molar-refractivity contribution >= 4 is 29.3 Å². The predicted octanol–water partition coefficient (Wildman–Crippen LogP) is 4.64. The van der Waals surface area contributed by atoms with Gasteiger partial charge < -0.3 is 20.4 Å². The lowest BCUT2D eigenvalue weighted by molar-refractivity contribution is -0.0396. The molecule has 1 aliphatic carbocycles. The molecule has 7 rings (SSSR count). The van der Waals surface area contributed by atoms with Gasteiger partial charge in [0.15, 0.2) is 11.4 Å². The number of amides is 2. The Balaban J connectivity index is 1.02. The van der Waals surface area contributed by atoms with Gasteiger partial charge in [0.2, 0.25) is 5.95 Å². The maximum atomic E-state index is 13.7. The van der Waals surface area contributed by atoms with E-state index in [-0.39, 0.29) is 23.7 Å². The first-order chi connectivity index (χ1) is 22.9. The molecule has 0 bridgehead atoms. The number of nitriles is 1. The molecule has 2 N–H and O–H groups in total. The van der Waals surface area contributed by atoms with Crippen LogP contribution < -0.4 is 20.4 Å². The van der Waals surface area contributed by atoms with E-state index >= 15 is 0 Å². The molecule has 3 aliphatic rings. The van der Waals surface area contributed by atoms with Crippen LogP contribution in [0.25, 0.3) is 11.1 Å². The van der Waals surface area contributed by atoms with E-state index in [1.54, 1.807) is 28.2 Å². The highest BCUT2D eigenvalue weighted by molar-refractivity contribution is 5.91. The van der Waals surface area contributed by atoms with Gasteiger partial charge in [0, 0.05) is 55.6 Å². The van der Waals surface area contributed by atoms with Crippen molar-refractivity contribution in [3.8, 4) is 17.2 Å². The third-order valence-corrected chi connectivity index (χ3v) is 9.05. The second kappa shape index (κ2) is 12.7. The standard InChI is InChI=1S/C34H37N11O2/c1-23-14-34(47-42-23)21-44(22-34)31-26(15-35)18-37-32(41-31)40-28-9-11-29(12-10-28)45(33(46)38-16-24-6-4-3-5-7-24)30-13-8-25(17-36-30)27-19-39-43(2)20-27/h3-8,13,17-20,28-29H,9-12,14,16,21-22H2,1-2H3,(H,38,46)(H,37,40,41). The number of nitrogens with one attached hydrogen (secondary N) is 2. The van der Waals surface area contributed by atoms with Crippen LogP contribution in [-0.4, -0.2) is 67.2 Å². The first kappa shape index (κ1) is 30.2. The summed E-state index contributed by atoms with van der Waals surface area (Å²) in [5, 5.41) is 24.7. The number of hydrogen-bond acceptors (Lipinski definition) is 10. The van der Waals surface area contributed by atoms with Gasteiger partial charge in [0.05, 0.1) is 31.2 Å². The fourth-order valence-corrected chi connectivity index (χ4v) is 6.68. The number of hydrogen-bond donors (Lipinski definition) is 2. The fourth-order valence-electron chi connectivity index (χ4n) is 6.68. The second-order valence-corrected chi connectivity index (χ2v) is 12.6. The summed E-state index contributed by atoms with van der Waals surface area (Å²) in [6.45, 7) is 3.65.